The normalized spacial score (nSPS) is 17.0. The zero-order valence-corrected chi connectivity index (χ0v) is 14.8. The van der Waals surface area contributed by atoms with Gasteiger partial charge in [-0.15, -0.1) is 11.3 Å². The van der Waals surface area contributed by atoms with Crippen molar-refractivity contribution < 1.29 is 9.90 Å². The average molecular weight is 345 g/mol. The third-order valence-electron chi connectivity index (χ3n) is 4.46. The van der Waals surface area contributed by atoms with E-state index in [0.29, 0.717) is 6.54 Å². The van der Waals surface area contributed by atoms with Crippen molar-refractivity contribution in [3.05, 3.63) is 40.9 Å². The standard InChI is InChI=1S/C18H23N3O2S/c1-12-15(24-16(20-12)14-7-4-3-5-8-14)13(2)21-17(22)19-11-18(23)9-6-10-18/h3-5,7-8,13,23H,6,9-11H2,1-2H3,(H2,19,21,22). The monoisotopic (exact) mass is 345 g/mol. The highest BCUT2D eigenvalue weighted by molar-refractivity contribution is 7.15. The van der Waals surface area contributed by atoms with Crippen molar-refractivity contribution in [2.45, 2.75) is 44.8 Å². The molecule has 128 valence electrons. The van der Waals surface area contributed by atoms with E-state index < -0.39 is 5.60 Å². The maximum atomic E-state index is 12.1. The number of urea groups is 1. The molecule has 0 spiro atoms. The first-order valence-corrected chi connectivity index (χ1v) is 9.08. The van der Waals surface area contributed by atoms with Gasteiger partial charge in [-0.05, 0) is 33.1 Å². The van der Waals surface area contributed by atoms with E-state index in [1.807, 2.05) is 44.2 Å². The van der Waals surface area contributed by atoms with E-state index in [0.717, 1.165) is 40.4 Å². The third-order valence-corrected chi connectivity index (χ3v) is 5.85. The van der Waals surface area contributed by atoms with Gasteiger partial charge in [-0.3, -0.25) is 0 Å². The zero-order valence-electron chi connectivity index (χ0n) is 14.0. The first-order chi connectivity index (χ1) is 11.5. The van der Waals surface area contributed by atoms with Gasteiger partial charge < -0.3 is 15.7 Å². The molecule has 6 heteroatoms. The van der Waals surface area contributed by atoms with Crippen molar-refractivity contribution in [1.29, 1.82) is 0 Å². The topological polar surface area (TPSA) is 74.2 Å². The number of thiazole rings is 1. The lowest BCUT2D eigenvalue weighted by Crippen LogP contribution is -2.50. The van der Waals surface area contributed by atoms with Gasteiger partial charge in [-0.2, -0.15) is 0 Å². The molecule has 1 aromatic heterocycles. The quantitative estimate of drug-likeness (QED) is 0.777. The number of aliphatic hydroxyl groups is 1. The Morgan fingerprint density at radius 2 is 2.08 bits per heavy atom. The first kappa shape index (κ1) is 16.9. The minimum Gasteiger partial charge on any atom is -0.388 e. The fraction of sp³-hybridized carbons (Fsp3) is 0.444. The molecule has 3 N–H and O–H groups in total. The Balaban J connectivity index is 1.61. The lowest BCUT2D eigenvalue weighted by Gasteiger charge is -2.36. The smallest absolute Gasteiger partial charge is 0.315 e. The average Bonchev–Trinajstić information content (AvgIpc) is 2.94. The molecule has 2 amide bonds. The van der Waals surface area contributed by atoms with Crippen LogP contribution in [0.4, 0.5) is 4.79 Å². The molecule has 1 aliphatic rings. The fourth-order valence-corrected chi connectivity index (χ4v) is 3.91. The number of amides is 2. The molecule has 1 saturated carbocycles. The Morgan fingerprint density at radius 3 is 2.71 bits per heavy atom. The molecule has 3 rings (SSSR count). The van der Waals surface area contributed by atoms with Crippen molar-refractivity contribution in [1.82, 2.24) is 15.6 Å². The minimum absolute atomic E-state index is 0.129. The molecule has 1 aliphatic carbocycles. The number of nitrogens with one attached hydrogen (secondary N) is 2. The molecule has 0 radical (unpaired) electrons. The van der Waals surface area contributed by atoms with Crippen molar-refractivity contribution >= 4 is 17.4 Å². The summed E-state index contributed by atoms with van der Waals surface area (Å²) >= 11 is 1.60. The summed E-state index contributed by atoms with van der Waals surface area (Å²) in [7, 11) is 0. The Hall–Kier alpha value is -1.92. The van der Waals surface area contributed by atoms with Crippen LogP contribution in [-0.4, -0.2) is 28.3 Å². The molecule has 1 heterocycles. The van der Waals surface area contributed by atoms with E-state index in [2.05, 4.69) is 15.6 Å². The lowest BCUT2D eigenvalue weighted by atomic mass is 9.80. The molecular weight excluding hydrogens is 322 g/mol. The highest BCUT2D eigenvalue weighted by Crippen LogP contribution is 2.32. The van der Waals surface area contributed by atoms with Crippen LogP contribution in [0.1, 0.15) is 42.8 Å². The summed E-state index contributed by atoms with van der Waals surface area (Å²) in [6.45, 7) is 4.22. The summed E-state index contributed by atoms with van der Waals surface area (Å²) in [5, 5.41) is 16.7. The molecule has 1 fully saturated rings. The Kier molecular flexibility index (Phi) is 4.87. The van der Waals surface area contributed by atoms with Gasteiger partial charge in [-0.1, -0.05) is 30.3 Å². The van der Waals surface area contributed by atoms with Gasteiger partial charge >= 0.3 is 6.03 Å². The lowest BCUT2D eigenvalue weighted by molar-refractivity contribution is -0.0290. The number of rotatable bonds is 5. The number of hydrogen-bond donors (Lipinski definition) is 3. The maximum Gasteiger partial charge on any atom is 0.315 e. The van der Waals surface area contributed by atoms with Gasteiger partial charge in [-0.25, -0.2) is 9.78 Å². The first-order valence-electron chi connectivity index (χ1n) is 8.26. The van der Waals surface area contributed by atoms with Gasteiger partial charge in [0.2, 0.25) is 0 Å². The van der Waals surface area contributed by atoms with Crippen LogP contribution in [0.3, 0.4) is 0 Å². The minimum atomic E-state index is -0.707. The molecule has 0 saturated heterocycles. The van der Waals surface area contributed by atoms with Crippen molar-refractivity contribution in [3.63, 3.8) is 0 Å². The van der Waals surface area contributed by atoms with Gasteiger partial charge in [0.15, 0.2) is 0 Å². The van der Waals surface area contributed by atoms with Crippen LogP contribution >= 0.6 is 11.3 Å². The molecule has 5 nitrogen and oxygen atoms in total. The maximum absolute atomic E-state index is 12.1. The fourth-order valence-electron chi connectivity index (χ4n) is 2.83. The molecule has 0 bridgehead atoms. The van der Waals surface area contributed by atoms with Crippen LogP contribution in [0, 0.1) is 6.92 Å². The number of nitrogens with zero attached hydrogens (tertiary/aromatic N) is 1. The third kappa shape index (κ3) is 3.76. The molecular formula is C18H23N3O2S. The molecule has 0 aliphatic heterocycles. The van der Waals surface area contributed by atoms with E-state index in [1.54, 1.807) is 11.3 Å². The number of hydrogen-bond acceptors (Lipinski definition) is 4. The van der Waals surface area contributed by atoms with E-state index in [-0.39, 0.29) is 12.1 Å². The number of carbonyl (C=O) groups is 1. The van der Waals surface area contributed by atoms with Crippen LogP contribution < -0.4 is 10.6 Å². The highest BCUT2D eigenvalue weighted by Gasteiger charge is 2.34. The van der Waals surface area contributed by atoms with Gasteiger partial charge in [0.25, 0.3) is 0 Å². The van der Waals surface area contributed by atoms with Crippen molar-refractivity contribution in [2.24, 2.45) is 0 Å². The second kappa shape index (κ2) is 6.91. The predicted molar refractivity (Wildman–Crippen MR) is 96.0 cm³/mol. The second-order valence-corrected chi connectivity index (χ2v) is 7.49. The van der Waals surface area contributed by atoms with Crippen LogP contribution in [0.15, 0.2) is 30.3 Å². The number of aryl methyl sites for hydroxylation is 1. The van der Waals surface area contributed by atoms with Gasteiger partial charge in [0.05, 0.1) is 22.2 Å². The van der Waals surface area contributed by atoms with E-state index in [1.165, 1.54) is 0 Å². The highest BCUT2D eigenvalue weighted by atomic mass is 32.1. The van der Waals surface area contributed by atoms with E-state index >= 15 is 0 Å². The van der Waals surface area contributed by atoms with Crippen LogP contribution in [0.5, 0.6) is 0 Å². The molecule has 1 unspecified atom stereocenters. The largest absolute Gasteiger partial charge is 0.388 e. The van der Waals surface area contributed by atoms with Crippen LogP contribution in [0.2, 0.25) is 0 Å². The Labute approximate surface area is 146 Å². The van der Waals surface area contributed by atoms with Gasteiger partial charge in [0.1, 0.15) is 5.01 Å². The van der Waals surface area contributed by atoms with Crippen LogP contribution in [-0.2, 0) is 0 Å². The number of carbonyl (C=O) groups excluding carboxylic acids is 1. The summed E-state index contributed by atoms with van der Waals surface area (Å²) in [4.78, 5) is 17.7. The molecule has 1 aromatic carbocycles. The van der Waals surface area contributed by atoms with E-state index in [4.69, 9.17) is 0 Å². The second-order valence-electron chi connectivity index (χ2n) is 6.46. The summed E-state index contributed by atoms with van der Waals surface area (Å²) in [6.07, 6.45) is 2.55. The number of benzene rings is 1. The summed E-state index contributed by atoms with van der Waals surface area (Å²) in [5.41, 5.74) is 1.31. The van der Waals surface area contributed by atoms with Crippen molar-refractivity contribution in [3.8, 4) is 10.6 Å². The zero-order chi connectivity index (χ0) is 17.2. The van der Waals surface area contributed by atoms with Crippen molar-refractivity contribution in [2.75, 3.05) is 6.54 Å². The molecule has 24 heavy (non-hydrogen) atoms. The van der Waals surface area contributed by atoms with E-state index in [9.17, 15) is 9.90 Å². The van der Waals surface area contributed by atoms with Gasteiger partial charge in [0, 0.05) is 12.1 Å². The van der Waals surface area contributed by atoms with Crippen LogP contribution in [0.25, 0.3) is 10.6 Å². The SMILES string of the molecule is Cc1nc(-c2ccccc2)sc1C(C)NC(=O)NCC1(O)CCC1. The number of aromatic nitrogens is 1. The molecule has 1 atom stereocenters. The predicted octanol–water partition coefficient (Wildman–Crippen LogP) is 3.39. The molecule has 2 aromatic rings. The Bertz CT molecular complexity index is 710. The summed E-state index contributed by atoms with van der Waals surface area (Å²) in [5.74, 6) is 0. The summed E-state index contributed by atoms with van der Waals surface area (Å²) in [6, 6.07) is 9.65. The summed E-state index contributed by atoms with van der Waals surface area (Å²) < 4.78 is 0. The Morgan fingerprint density at radius 1 is 1.38 bits per heavy atom.